The minimum absolute atomic E-state index is 0.485. The molecule has 16 heavy (non-hydrogen) atoms. The summed E-state index contributed by atoms with van der Waals surface area (Å²) in [6.07, 6.45) is 5.77. The zero-order chi connectivity index (χ0) is 11.2. The van der Waals surface area contributed by atoms with E-state index < -0.39 is 0 Å². The van der Waals surface area contributed by atoms with Crippen LogP contribution >= 0.6 is 0 Å². The summed E-state index contributed by atoms with van der Waals surface area (Å²) in [6, 6.07) is 0. The Hall–Kier alpha value is -0.120. The minimum Gasteiger partial charge on any atom is -0.377 e. The van der Waals surface area contributed by atoms with Crippen LogP contribution in [0.3, 0.4) is 0 Å². The van der Waals surface area contributed by atoms with Crippen molar-refractivity contribution in [1.29, 1.82) is 0 Å². The molecule has 0 amide bonds. The molecule has 1 N–H and O–H groups in total. The maximum Gasteiger partial charge on any atom is 0.0700 e. The van der Waals surface area contributed by atoms with Crippen LogP contribution in [-0.4, -0.2) is 50.3 Å². The summed E-state index contributed by atoms with van der Waals surface area (Å²) >= 11 is 0. The maximum atomic E-state index is 5.60. The standard InChI is InChI=1S/C13H26N2O/c1-12(11-15-6-2-3-7-15)9-14-10-13-5-4-8-16-13/h12-14H,2-11H2,1H3. The van der Waals surface area contributed by atoms with Crippen molar-refractivity contribution < 1.29 is 4.74 Å². The van der Waals surface area contributed by atoms with Crippen LogP contribution in [0.25, 0.3) is 0 Å². The number of ether oxygens (including phenoxy) is 1. The number of likely N-dealkylation sites (tertiary alicyclic amines) is 1. The van der Waals surface area contributed by atoms with E-state index in [1.54, 1.807) is 0 Å². The van der Waals surface area contributed by atoms with Gasteiger partial charge in [-0.05, 0) is 51.2 Å². The van der Waals surface area contributed by atoms with Crippen LogP contribution in [0.2, 0.25) is 0 Å². The number of hydrogen-bond acceptors (Lipinski definition) is 3. The van der Waals surface area contributed by atoms with E-state index in [2.05, 4.69) is 17.1 Å². The number of hydrogen-bond donors (Lipinski definition) is 1. The Balaban J connectivity index is 1.51. The van der Waals surface area contributed by atoms with Crippen LogP contribution in [0.4, 0.5) is 0 Å². The molecule has 0 aromatic heterocycles. The van der Waals surface area contributed by atoms with Crippen LogP contribution < -0.4 is 5.32 Å². The molecule has 0 aromatic carbocycles. The van der Waals surface area contributed by atoms with Gasteiger partial charge in [-0.1, -0.05) is 6.92 Å². The van der Waals surface area contributed by atoms with Crippen LogP contribution in [0.5, 0.6) is 0 Å². The lowest BCUT2D eigenvalue weighted by Gasteiger charge is -2.21. The molecular formula is C13H26N2O. The molecule has 0 aliphatic carbocycles. The normalized spacial score (nSPS) is 28.7. The van der Waals surface area contributed by atoms with Crippen molar-refractivity contribution in [2.24, 2.45) is 5.92 Å². The van der Waals surface area contributed by atoms with E-state index in [1.807, 2.05) is 0 Å². The van der Waals surface area contributed by atoms with Gasteiger partial charge in [-0.2, -0.15) is 0 Å². The van der Waals surface area contributed by atoms with Gasteiger partial charge in [-0.25, -0.2) is 0 Å². The lowest BCUT2D eigenvalue weighted by Crippen LogP contribution is -2.34. The van der Waals surface area contributed by atoms with E-state index in [4.69, 9.17) is 4.74 Å². The Bertz CT molecular complexity index is 186. The SMILES string of the molecule is CC(CNCC1CCCO1)CN1CCCC1. The molecule has 0 bridgehead atoms. The monoisotopic (exact) mass is 226 g/mol. The molecule has 3 nitrogen and oxygen atoms in total. The Labute approximate surface area is 99.5 Å². The van der Waals surface area contributed by atoms with E-state index in [0.717, 1.165) is 25.6 Å². The Morgan fingerprint density at radius 1 is 1.31 bits per heavy atom. The molecule has 2 atom stereocenters. The van der Waals surface area contributed by atoms with Gasteiger partial charge in [0.2, 0.25) is 0 Å². The Kier molecular flexibility index (Phi) is 5.07. The van der Waals surface area contributed by atoms with E-state index >= 15 is 0 Å². The molecule has 2 heterocycles. The van der Waals surface area contributed by atoms with Gasteiger partial charge in [0.1, 0.15) is 0 Å². The largest absolute Gasteiger partial charge is 0.377 e. The van der Waals surface area contributed by atoms with Crippen molar-refractivity contribution in [3.63, 3.8) is 0 Å². The molecule has 0 spiro atoms. The van der Waals surface area contributed by atoms with Crippen molar-refractivity contribution in [2.45, 2.75) is 38.7 Å². The Morgan fingerprint density at radius 3 is 2.81 bits per heavy atom. The molecule has 2 saturated heterocycles. The number of nitrogens with zero attached hydrogens (tertiary/aromatic N) is 1. The van der Waals surface area contributed by atoms with Crippen LogP contribution in [-0.2, 0) is 4.74 Å². The molecule has 2 aliphatic rings. The second kappa shape index (κ2) is 6.58. The number of nitrogens with one attached hydrogen (secondary N) is 1. The van der Waals surface area contributed by atoms with E-state index in [0.29, 0.717) is 6.10 Å². The minimum atomic E-state index is 0.485. The average Bonchev–Trinajstić information content (AvgIpc) is 2.90. The molecule has 94 valence electrons. The zero-order valence-corrected chi connectivity index (χ0v) is 10.6. The third-order valence-electron chi connectivity index (χ3n) is 3.66. The molecular weight excluding hydrogens is 200 g/mol. The van der Waals surface area contributed by atoms with Crippen molar-refractivity contribution in [3.8, 4) is 0 Å². The second-order valence-corrected chi connectivity index (χ2v) is 5.41. The van der Waals surface area contributed by atoms with Crippen molar-refractivity contribution in [2.75, 3.05) is 39.3 Å². The van der Waals surface area contributed by atoms with Crippen LogP contribution in [0.15, 0.2) is 0 Å². The smallest absolute Gasteiger partial charge is 0.0700 e. The lowest BCUT2D eigenvalue weighted by atomic mass is 10.1. The second-order valence-electron chi connectivity index (χ2n) is 5.41. The first kappa shape index (κ1) is 12.3. The van der Waals surface area contributed by atoms with Gasteiger partial charge < -0.3 is 15.0 Å². The van der Waals surface area contributed by atoms with Gasteiger partial charge in [0.25, 0.3) is 0 Å². The van der Waals surface area contributed by atoms with Gasteiger partial charge >= 0.3 is 0 Å². The highest BCUT2D eigenvalue weighted by Gasteiger charge is 2.17. The highest BCUT2D eigenvalue weighted by molar-refractivity contribution is 4.72. The van der Waals surface area contributed by atoms with E-state index in [9.17, 15) is 0 Å². The maximum absolute atomic E-state index is 5.60. The average molecular weight is 226 g/mol. The fourth-order valence-electron chi connectivity index (χ4n) is 2.77. The third-order valence-corrected chi connectivity index (χ3v) is 3.66. The Morgan fingerprint density at radius 2 is 2.12 bits per heavy atom. The molecule has 3 heteroatoms. The van der Waals surface area contributed by atoms with Crippen molar-refractivity contribution in [3.05, 3.63) is 0 Å². The van der Waals surface area contributed by atoms with Crippen LogP contribution in [0.1, 0.15) is 32.6 Å². The summed E-state index contributed by atoms with van der Waals surface area (Å²) in [4.78, 5) is 2.60. The summed E-state index contributed by atoms with van der Waals surface area (Å²) in [5, 5.41) is 3.55. The van der Waals surface area contributed by atoms with Gasteiger partial charge in [0.05, 0.1) is 6.10 Å². The molecule has 0 radical (unpaired) electrons. The predicted molar refractivity (Wildman–Crippen MR) is 66.7 cm³/mol. The summed E-state index contributed by atoms with van der Waals surface area (Å²) in [7, 11) is 0. The summed E-state index contributed by atoms with van der Waals surface area (Å²) < 4.78 is 5.60. The first-order valence-corrected chi connectivity index (χ1v) is 6.89. The summed E-state index contributed by atoms with van der Waals surface area (Å²) in [5.41, 5.74) is 0. The fourth-order valence-corrected chi connectivity index (χ4v) is 2.77. The molecule has 2 unspecified atom stereocenters. The van der Waals surface area contributed by atoms with Gasteiger partial charge in [-0.15, -0.1) is 0 Å². The molecule has 2 aliphatic heterocycles. The zero-order valence-electron chi connectivity index (χ0n) is 10.6. The highest BCUT2D eigenvalue weighted by Crippen LogP contribution is 2.11. The predicted octanol–water partition coefficient (Wildman–Crippen LogP) is 1.49. The summed E-state index contributed by atoms with van der Waals surface area (Å²) in [5.74, 6) is 0.763. The van der Waals surface area contributed by atoms with Gasteiger partial charge in [0.15, 0.2) is 0 Å². The van der Waals surface area contributed by atoms with E-state index in [1.165, 1.54) is 45.3 Å². The summed E-state index contributed by atoms with van der Waals surface area (Å²) in [6.45, 7) is 9.39. The topological polar surface area (TPSA) is 24.5 Å². The number of rotatable bonds is 6. The first-order valence-electron chi connectivity index (χ1n) is 6.89. The fraction of sp³-hybridized carbons (Fsp3) is 1.00. The van der Waals surface area contributed by atoms with Gasteiger partial charge in [-0.3, -0.25) is 0 Å². The van der Waals surface area contributed by atoms with E-state index in [-0.39, 0.29) is 0 Å². The lowest BCUT2D eigenvalue weighted by molar-refractivity contribution is 0.109. The highest BCUT2D eigenvalue weighted by atomic mass is 16.5. The molecule has 0 aromatic rings. The molecule has 2 rings (SSSR count). The molecule has 2 fully saturated rings. The first-order chi connectivity index (χ1) is 7.84. The van der Waals surface area contributed by atoms with Crippen molar-refractivity contribution >= 4 is 0 Å². The third kappa shape index (κ3) is 4.04. The molecule has 0 saturated carbocycles. The van der Waals surface area contributed by atoms with Gasteiger partial charge in [0, 0.05) is 19.7 Å². The van der Waals surface area contributed by atoms with Crippen LogP contribution in [0, 0.1) is 5.92 Å². The quantitative estimate of drug-likeness (QED) is 0.742. The van der Waals surface area contributed by atoms with Crippen molar-refractivity contribution in [1.82, 2.24) is 10.2 Å².